The number of primary amides is 1. The van der Waals surface area contributed by atoms with E-state index in [-0.39, 0.29) is 49.7 Å². The summed E-state index contributed by atoms with van der Waals surface area (Å²) in [4.78, 5) is 46.1. The summed E-state index contributed by atoms with van der Waals surface area (Å²) in [5, 5.41) is 0. The highest BCUT2D eigenvalue weighted by molar-refractivity contribution is 6.01. The maximum Gasteiger partial charge on any atom is 0.411 e. The van der Waals surface area contributed by atoms with Crippen LogP contribution in [0.5, 0.6) is 0 Å². The van der Waals surface area contributed by atoms with E-state index in [0.29, 0.717) is 11.1 Å². The van der Waals surface area contributed by atoms with Crippen molar-refractivity contribution < 1.29 is 37.0 Å². The van der Waals surface area contributed by atoms with Crippen molar-refractivity contribution in [2.75, 3.05) is 31.2 Å². The van der Waals surface area contributed by atoms with Crippen molar-refractivity contribution in [1.82, 2.24) is 9.88 Å². The lowest BCUT2D eigenvalue weighted by Gasteiger charge is -2.38. The molecule has 0 unspecified atom stereocenters. The zero-order chi connectivity index (χ0) is 30.6. The fourth-order valence-corrected chi connectivity index (χ4v) is 4.56. The van der Waals surface area contributed by atoms with E-state index in [0.717, 1.165) is 24.3 Å². The normalized spacial score (nSPS) is 15.3. The van der Waals surface area contributed by atoms with Crippen LogP contribution in [0.4, 0.5) is 23.8 Å². The van der Waals surface area contributed by atoms with Crippen LogP contribution in [-0.4, -0.2) is 65.7 Å². The van der Waals surface area contributed by atoms with Gasteiger partial charge >= 0.3 is 6.09 Å². The van der Waals surface area contributed by atoms with Gasteiger partial charge < -0.3 is 15.2 Å². The number of amides is 3. The highest BCUT2D eigenvalue weighted by atomic mass is 19.1. The SMILES string of the molecule is CC(C)(C)OC(=O)N1CCOC[C@@H]1C(=O)N(CCc1cc(F)cc(F)c1)c1ncccc1-c1ccc(F)c(C(N)=O)c1. The summed E-state index contributed by atoms with van der Waals surface area (Å²) in [5.74, 6) is -3.82. The van der Waals surface area contributed by atoms with Crippen LogP contribution in [0.15, 0.2) is 54.7 Å². The molecule has 3 amide bonds. The molecule has 2 heterocycles. The Morgan fingerprint density at radius 1 is 1.10 bits per heavy atom. The Hall–Kier alpha value is -4.45. The first-order valence-electron chi connectivity index (χ1n) is 13.2. The lowest BCUT2D eigenvalue weighted by Crippen LogP contribution is -2.58. The Balaban J connectivity index is 1.77. The lowest BCUT2D eigenvalue weighted by molar-refractivity contribution is -0.129. The Morgan fingerprint density at radius 2 is 1.81 bits per heavy atom. The Bertz CT molecular complexity index is 1470. The van der Waals surface area contributed by atoms with Crippen molar-refractivity contribution in [3.05, 3.63) is 83.3 Å². The Kier molecular flexibility index (Phi) is 9.15. The van der Waals surface area contributed by atoms with Crippen LogP contribution in [0.25, 0.3) is 11.1 Å². The number of pyridine rings is 1. The molecule has 2 aromatic carbocycles. The third-order valence-corrected chi connectivity index (χ3v) is 6.44. The number of ether oxygens (including phenoxy) is 2. The summed E-state index contributed by atoms with van der Waals surface area (Å²) in [5.41, 5.74) is 5.14. The number of carbonyl (C=O) groups excluding carboxylic acids is 3. The number of nitrogens with zero attached hydrogens (tertiary/aromatic N) is 3. The topological polar surface area (TPSA) is 115 Å². The summed E-state index contributed by atoms with van der Waals surface area (Å²) in [6.07, 6.45) is 0.747. The minimum atomic E-state index is -1.11. The second-order valence-electron chi connectivity index (χ2n) is 10.7. The molecular formula is C30H31F3N4O5. The molecule has 9 nitrogen and oxygen atoms in total. The van der Waals surface area contributed by atoms with Crippen molar-refractivity contribution in [2.45, 2.75) is 38.8 Å². The third kappa shape index (κ3) is 7.24. The molecule has 1 saturated heterocycles. The Morgan fingerprint density at radius 3 is 2.48 bits per heavy atom. The highest BCUT2D eigenvalue weighted by Gasteiger charge is 2.39. The molecule has 222 valence electrons. The molecule has 3 aromatic rings. The van der Waals surface area contributed by atoms with Gasteiger partial charge in [-0.25, -0.2) is 22.9 Å². The average molecular weight is 585 g/mol. The van der Waals surface area contributed by atoms with Crippen LogP contribution in [0.1, 0.15) is 36.7 Å². The number of hydrogen-bond donors (Lipinski definition) is 1. The predicted molar refractivity (Wildman–Crippen MR) is 148 cm³/mol. The van der Waals surface area contributed by atoms with E-state index in [2.05, 4.69) is 4.98 Å². The summed E-state index contributed by atoms with van der Waals surface area (Å²) >= 11 is 0. The molecule has 42 heavy (non-hydrogen) atoms. The fraction of sp³-hybridized carbons (Fsp3) is 0.333. The van der Waals surface area contributed by atoms with Crippen LogP contribution in [0.3, 0.4) is 0 Å². The average Bonchev–Trinajstić information content (AvgIpc) is 2.92. The van der Waals surface area contributed by atoms with Crippen LogP contribution < -0.4 is 10.6 Å². The van der Waals surface area contributed by atoms with Crippen LogP contribution in [0, 0.1) is 17.5 Å². The minimum absolute atomic E-state index is 0.0202. The number of anilines is 1. The molecule has 2 N–H and O–H groups in total. The quantitative estimate of drug-likeness (QED) is 0.438. The molecular weight excluding hydrogens is 553 g/mol. The van der Waals surface area contributed by atoms with Crippen molar-refractivity contribution in [3.63, 3.8) is 0 Å². The van der Waals surface area contributed by atoms with E-state index in [9.17, 15) is 27.6 Å². The summed E-state index contributed by atoms with van der Waals surface area (Å²) < 4.78 is 53.2. The molecule has 4 rings (SSSR count). The monoisotopic (exact) mass is 584 g/mol. The summed E-state index contributed by atoms with van der Waals surface area (Å²) in [7, 11) is 0. The van der Waals surface area contributed by atoms with Gasteiger partial charge in [-0.05, 0) is 74.7 Å². The number of rotatable bonds is 7. The maximum atomic E-state index is 14.3. The summed E-state index contributed by atoms with van der Waals surface area (Å²) in [6.45, 7) is 5.15. The molecule has 1 fully saturated rings. The molecule has 0 radical (unpaired) electrons. The molecule has 1 aromatic heterocycles. The third-order valence-electron chi connectivity index (χ3n) is 6.44. The van der Waals surface area contributed by atoms with Crippen LogP contribution >= 0.6 is 0 Å². The highest BCUT2D eigenvalue weighted by Crippen LogP contribution is 2.32. The molecule has 0 spiro atoms. The standard InChI is InChI=1S/C30H31F3N4O5/c1-30(2,3)42-29(40)36-11-12-41-17-25(36)28(39)37(10-8-18-13-20(31)16-21(32)14-18)27-22(5-4-9-35-27)19-6-7-24(33)23(15-19)26(34)38/h4-7,9,13-16,25H,8,10-12,17H2,1-3H3,(H2,34,38)/t25-/m1/s1. The van der Waals surface area contributed by atoms with Gasteiger partial charge in [0.2, 0.25) is 0 Å². The van der Waals surface area contributed by atoms with Crippen molar-refractivity contribution in [2.24, 2.45) is 5.73 Å². The first kappa shape index (κ1) is 30.5. The molecule has 1 aliphatic heterocycles. The van der Waals surface area contributed by atoms with E-state index in [1.807, 2.05) is 0 Å². The van der Waals surface area contributed by atoms with Gasteiger partial charge in [0.1, 0.15) is 34.9 Å². The lowest BCUT2D eigenvalue weighted by atomic mass is 10.0. The molecule has 0 saturated carbocycles. The van der Waals surface area contributed by atoms with Gasteiger partial charge in [0.15, 0.2) is 0 Å². The van der Waals surface area contributed by atoms with Gasteiger partial charge in [-0.3, -0.25) is 19.4 Å². The van der Waals surface area contributed by atoms with Gasteiger partial charge in [-0.2, -0.15) is 0 Å². The largest absolute Gasteiger partial charge is 0.444 e. The van der Waals surface area contributed by atoms with Gasteiger partial charge in [0.25, 0.3) is 11.8 Å². The number of aromatic nitrogens is 1. The number of halogens is 3. The van der Waals surface area contributed by atoms with Gasteiger partial charge in [0, 0.05) is 30.9 Å². The van der Waals surface area contributed by atoms with Crippen LogP contribution in [0.2, 0.25) is 0 Å². The number of carbonyl (C=O) groups is 3. The van der Waals surface area contributed by atoms with E-state index in [1.165, 1.54) is 28.1 Å². The maximum absolute atomic E-state index is 14.3. The molecule has 1 aliphatic rings. The van der Waals surface area contributed by atoms with E-state index in [1.54, 1.807) is 32.9 Å². The number of hydrogen-bond acceptors (Lipinski definition) is 6. The van der Waals surface area contributed by atoms with E-state index >= 15 is 0 Å². The zero-order valence-corrected chi connectivity index (χ0v) is 23.4. The van der Waals surface area contributed by atoms with Gasteiger partial charge in [-0.15, -0.1) is 0 Å². The Labute approximate surface area is 241 Å². The summed E-state index contributed by atoms with van der Waals surface area (Å²) in [6, 6.07) is 8.88. The number of benzene rings is 2. The molecule has 12 heteroatoms. The molecule has 1 atom stereocenters. The van der Waals surface area contributed by atoms with Crippen molar-refractivity contribution in [1.29, 1.82) is 0 Å². The number of morpholine rings is 1. The van der Waals surface area contributed by atoms with E-state index in [4.69, 9.17) is 15.2 Å². The molecule has 0 bridgehead atoms. The first-order chi connectivity index (χ1) is 19.8. The van der Waals surface area contributed by atoms with Gasteiger partial charge in [-0.1, -0.05) is 6.07 Å². The predicted octanol–water partition coefficient (Wildman–Crippen LogP) is 4.48. The van der Waals surface area contributed by atoms with Crippen molar-refractivity contribution >= 4 is 23.7 Å². The van der Waals surface area contributed by atoms with Gasteiger partial charge in [0.05, 0.1) is 18.8 Å². The first-order valence-corrected chi connectivity index (χ1v) is 13.2. The second-order valence-corrected chi connectivity index (χ2v) is 10.7. The number of nitrogens with two attached hydrogens (primary N) is 1. The smallest absolute Gasteiger partial charge is 0.411 e. The second kappa shape index (κ2) is 12.6. The van der Waals surface area contributed by atoms with Crippen LogP contribution in [-0.2, 0) is 20.7 Å². The van der Waals surface area contributed by atoms with Crippen molar-refractivity contribution in [3.8, 4) is 11.1 Å². The molecule has 0 aliphatic carbocycles. The minimum Gasteiger partial charge on any atom is -0.444 e. The fourth-order valence-electron chi connectivity index (χ4n) is 4.56. The van der Waals surface area contributed by atoms with E-state index < -0.39 is 47.0 Å². The zero-order valence-electron chi connectivity index (χ0n) is 23.4.